The molecule has 0 atom stereocenters. The minimum absolute atomic E-state index is 0.395. The van der Waals surface area contributed by atoms with Crippen LogP contribution in [0.3, 0.4) is 0 Å². The summed E-state index contributed by atoms with van der Waals surface area (Å²) in [5.74, 6) is 5.27. The van der Waals surface area contributed by atoms with Gasteiger partial charge in [-0.05, 0) is 279 Å². The number of hydrogen-bond acceptors (Lipinski definition) is 11. The van der Waals surface area contributed by atoms with Crippen LogP contribution in [0, 0.1) is 0 Å². The first-order valence-corrected chi connectivity index (χ1v) is 58.6. The second-order valence-corrected chi connectivity index (χ2v) is 49.7. The number of aryl methyl sites for hydroxylation is 2. The van der Waals surface area contributed by atoms with Crippen molar-refractivity contribution >= 4 is 85.7 Å². The van der Waals surface area contributed by atoms with Crippen LogP contribution >= 0.6 is 0 Å². The van der Waals surface area contributed by atoms with Crippen LogP contribution in [0.1, 0.15) is 329 Å². The van der Waals surface area contributed by atoms with E-state index in [0.29, 0.717) is 79.4 Å². The Morgan fingerprint density at radius 1 is 0.257 bits per heavy atom. The van der Waals surface area contributed by atoms with E-state index in [1.165, 1.54) is 231 Å². The molecule has 148 heavy (non-hydrogen) atoms. The van der Waals surface area contributed by atoms with Crippen LogP contribution in [-0.2, 0) is 151 Å². The molecule has 0 radical (unpaired) electrons. The molecule has 10 N–H and O–H groups in total. The highest BCUT2D eigenvalue weighted by atomic mass is 32.2. The van der Waals surface area contributed by atoms with Crippen molar-refractivity contribution in [3.63, 3.8) is 0 Å². The van der Waals surface area contributed by atoms with Crippen molar-refractivity contribution < 1.29 is 16.8 Å². The van der Waals surface area contributed by atoms with Crippen LogP contribution in [0.5, 0.6) is 0 Å². The van der Waals surface area contributed by atoms with Gasteiger partial charge in [0.2, 0.25) is 10.0 Å². The standard InChI is InChI=1S/4C15H20N2.2C14H18N2.C13H19NO2S.C13H19N.C12H18N2O2S/c1-10(2)11-4-5-12-13-9-17(3)7-6-14(13)16-15(12)8-11;1-10(2)11-4-5-12-13-9-16-7-6-14(13)17(3)15(12)8-11;1-10(2)11-4-5-12-13-6-7-17(3)9-15(13)16-14(12)8-11;1-10(2)11-4-5-12-13-6-7-16-9-15(13)17(3)14(12)8-11;1-9(2)10-3-4-11-12-8-15-6-5-13(12)16-14(11)7-10;1-9(2)10-3-4-11-12-5-6-15-8-14(12)16-13(11)7-10;1-10(2)11-4-5-13-9-14(17(3,15)16)7-6-12(13)8-11;1-10(2)11-4-5-13-9-14(3)7-6-12(13)8-11;1-9(2)10-3-4-12-8-14(17(13,15)16)6-5-11(12)7-10/h4*4-5,8,10,16H,6-7,9H2,1-3H3;2*3-4,7,9,15-16H,5-6,8H2,1-2H3;4-5,8,10H,6-7,9H2,1-3H3;4-5,8,10H,6-7,9H2,1-3H3;3-4,7,9H,5-6,8H2,1-2H3,(H2,13,15,16). The molecule has 0 spiro atoms. The average molecular weight is 2040 g/mol. The van der Waals surface area contributed by atoms with Gasteiger partial charge in [0.1, 0.15) is 0 Å². The number of hydrogen-bond donors (Lipinski definition) is 9. The van der Waals surface area contributed by atoms with Crippen molar-refractivity contribution in [1.82, 2.24) is 73.6 Å². The maximum Gasteiger partial charge on any atom is 0.277 e. The molecular formula is C126H172N16O4S2. The Morgan fingerprint density at radius 2 is 0.581 bits per heavy atom. The lowest BCUT2D eigenvalue weighted by atomic mass is 9.93. The maximum absolute atomic E-state index is 11.5. The summed E-state index contributed by atoms with van der Waals surface area (Å²) in [7, 11) is 4.36. The molecule has 792 valence electrons. The van der Waals surface area contributed by atoms with Gasteiger partial charge in [-0.1, -0.05) is 252 Å². The first-order chi connectivity index (χ1) is 70.6. The number of nitrogens with one attached hydrogen (secondary N) is 8. The van der Waals surface area contributed by atoms with Gasteiger partial charge < -0.3 is 65.0 Å². The van der Waals surface area contributed by atoms with Crippen molar-refractivity contribution in [2.24, 2.45) is 19.2 Å². The molecule has 0 bridgehead atoms. The normalized spacial score (nSPS) is 16.4. The highest BCUT2D eigenvalue weighted by molar-refractivity contribution is 7.88. The third-order valence-electron chi connectivity index (χ3n) is 32.4. The second kappa shape index (κ2) is 48.1. The monoisotopic (exact) mass is 2040 g/mol. The molecule has 0 fully saturated rings. The predicted molar refractivity (Wildman–Crippen MR) is 623 cm³/mol. The van der Waals surface area contributed by atoms with E-state index < -0.39 is 20.2 Å². The Bertz CT molecular complexity index is 7100. The quantitative estimate of drug-likeness (QED) is 0.0591. The van der Waals surface area contributed by atoms with E-state index in [0.717, 1.165) is 135 Å². The summed E-state index contributed by atoms with van der Waals surface area (Å²) in [4.78, 5) is 21.5. The summed E-state index contributed by atoms with van der Waals surface area (Å²) in [5, 5.41) is 27.5. The number of nitrogens with zero attached hydrogens (tertiary/aromatic N) is 7. The van der Waals surface area contributed by atoms with Gasteiger partial charge in [-0.2, -0.15) is 17.0 Å². The van der Waals surface area contributed by atoms with Crippen LogP contribution in [0.25, 0.3) is 65.4 Å². The molecule has 0 unspecified atom stereocenters. The van der Waals surface area contributed by atoms with Crippen LogP contribution in [0.2, 0.25) is 0 Å². The zero-order chi connectivity index (χ0) is 106. The van der Waals surface area contributed by atoms with E-state index in [1.807, 2.05) is 6.07 Å². The van der Waals surface area contributed by atoms with Gasteiger partial charge in [0.05, 0.1) is 6.26 Å². The topological polar surface area (TPSA) is 232 Å². The fourth-order valence-electron chi connectivity index (χ4n) is 22.7. The minimum atomic E-state index is -3.56. The smallest absolute Gasteiger partial charge is 0.277 e. The lowest BCUT2D eigenvalue weighted by Gasteiger charge is -2.27. The lowest BCUT2D eigenvalue weighted by molar-refractivity contribution is 0.310. The van der Waals surface area contributed by atoms with Gasteiger partial charge in [0.15, 0.2) is 0 Å². The molecular weight excluding hydrogens is 1870 g/mol. The summed E-state index contributed by atoms with van der Waals surface area (Å²) < 4.78 is 53.2. The minimum Gasteiger partial charge on any atom is -0.358 e. The van der Waals surface area contributed by atoms with Gasteiger partial charge in [-0.15, -0.1) is 0 Å². The third-order valence-corrected chi connectivity index (χ3v) is 34.7. The number of fused-ring (bicyclic) bond motifs is 21. The van der Waals surface area contributed by atoms with Gasteiger partial charge in [0, 0.05) is 238 Å². The summed E-state index contributed by atoms with van der Waals surface area (Å²) in [6, 6.07) is 61.0. The molecule has 24 rings (SSSR count). The molecule has 0 saturated carbocycles. The van der Waals surface area contributed by atoms with Gasteiger partial charge in [-0.3, -0.25) is 0 Å². The van der Waals surface area contributed by atoms with Crippen molar-refractivity contribution in [3.8, 4) is 0 Å². The number of likely N-dealkylation sites (N-methyl/N-ethyl adjacent to an activating group) is 3. The molecule has 9 aliphatic heterocycles. The van der Waals surface area contributed by atoms with Gasteiger partial charge >= 0.3 is 0 Å². The summed E-state index contributed by atoms with van der Waals surface area (Å²) in [5.41, 5.74) is 46.2. The zero-order valence-corrected chi connectivity index (χ0v) is 95.2. The molecule has 0 aliphatic carbocycles. The number of H-pyrrole nitrogens is 4. The van der Waals surface area contributed by atoms with Crippen LogP contribution in [0.15, 0.2) is 164 Å². The first kappa shape index (κ1) is 110. The fourth-order valence-corrected chi connectivity index (χ4v) is 24.2. The van der Waals surface area contributed by atoms with E-state index in [4.69, 9.17) is 5.14 Å². The highest BCUT2D eigenvalue weighted by Gasteiger charge is 2.30. The van der Waals surface area contributed by atoms with Gasteiger partial charge in [0.25, 0.3) is 10.2 Å². The predicted octanol–water partition coefficient (Wildman–Crippen LogP) is 24.6. The van der Waals surface area contributed by atoms with E-state index in [2.05, 4.69) is 383 Å². The Labute approximate surface area is 885 Å². The number of benzene rings is 9. The van der Waals surface area contributed by atoms with E-state index >= 15 is 0 Å². The van der Waals surface area contributed by atoms with Crippen molar-refractivity contribution in [1.29, 1.82) is 0 Å². The molecule has 0 amide bonds. The van der Waals surface area contributed by atoms with Crippen LogP contribution in [-0.4, -0.2) is 156 Å². The number of rotatable bonds is 11. The molecule has 20 nitrogen and oxygen atoms in total. The third kappa shape index (κ3) is 26.0. The molecule has 9 aromatic carbocycles. The molecule has 9 aliphatic rings. The summed E-state index contributed by atoms with van der Waals surface area (Å²) >= 11 is 0. The largest absolute Gasteiger partial charge is 0.358 e. The van der Waals surface area contributed by atoms with Crippen molar-refractivity contribution in [2.45, 2.75) is 295 Å². The number of aromatic nitrogens is 6. The highest BCUT2D eigenvalue weighted by Crippen LogP contribution is 2.39. The Hall–Kier alpha value is -10.3. The molecule has 15 heterocycles. The Kier molecular flexibility index (Phi) is 35.9. The van der Waals surface area contributed by atoms with Crippen molar-refractivity contribution in [3.05, 3.63) is 315 Å². The SMILES string of the molecule is CC(C)c1ccc2c(c1)CCN(C)C2.CC(C)c1ccc2c(c1)CCN(S(C)(=O)=O)C2.CC(C)c1ccc2c(c1)CCN(S(N)(=O)=O)C2.CC(C)c1ccc2c3c([nH]c2c1)CCN(C)C3.CC(C)c1ccc2c3c([nH]c2c1)CCNC3.CC(C)c1ccc2c3c([nH]c2c1)CN(C)CC3.CC(C)c1ccc2c3c([nH]c2c1)CNCC3.CC(C)c1ccc2c3c(n(C)c2c1)CCNC3.CC(C)c1ccc2c3c(n(C)c2c1)CNCC3. The number of sulfonamides is 1. The first-order valence-electron chi connectivity index (χ1n) is 55.3. The molecule has 22 heteroatoms. The van der Waals surface area contributed by atoms with Crippen LogP contribution < -0.4 is 26.4 Å². The Balaban J connectivity index is 0.000000119. The number of aromatic amines is 4. The summed E-state index contributed by atoms with van der Waals surface area (Å²) in [6.07, 6.45) is 11.0. The second-order valence-electron chi connectivity index (χ2n) is 46.2. The van der Waals surface area contributed by atoms with Gasteiger partial charge in [-0.25, -0.2) is 13.6 Å². The van der Waals surface area contributed by atoms with Crippen LogP contribution in [0.4, 0.5) is 0 Å². The zero-order valence-electron chi connectivity index (χ0n) is 93.5. The Morgan fingerprint density at radius 3 is 1.06 bits per heavy atom. The lowest BCUT2D eigenvalue weighted by Crippen LogP contribution is -2.40. The molecule has 6 aromatic heterocycles. The molecule has 15 aromatic rings. The fraction of sp³-hybridized carbons (Fsp3) is 0.476. The van der Waals surface area contributed by atoms with Crippen molar-refractivity contribution in [2.75, 3.05) is 86.3 Å². The average Bonchev–Trinajstić information content (AvgIpc) is 1.61. The van der Waals surface area contributed by atoms with E-state index in [9.17, 15) is 16.8 Å². The van der Waals surface area contributed by atoms with E-state index in [-0.39, 0.29) is 0 Å². The maximum atomic E-state index is 11.5. The number of nitrogens with two attached hydrogens (primary N) is 1. The molecule has 0 saturated heterocycles. The summed E-state index contributed by atoms with van der Waals surface area (Å²) in [6.45, 7) is 57.4. The van der Waals surface area contributed by atoms with E-state index in [1.54, 1.807) is 15.4 Å².